The quantitative estimate of drug-likeness (QED) is 0.225. The van der Waals surface area contributed by atoms with Crippen LogP contribution in [-0.4, -0.2) is 61.5 Å². The largest absolute Gasteiger partial charge is 0.494 e. The van der Waals surface area contributed by atoms with Crippen molar-refractivity contribution in [2.45, 2.75) is 28.9 Å². The summed E-state index contributed by atoms with van der Waals surface area (Å²) in [6, 6.07) is 15.1. The smallest absolute Gasteiger partial charge is 0.265 e. The van der Waals surface area contributed by atoms with E-state index in [-0.39, 0.29) is 36.9 Å². The van der Waals surface area contributed by atoms with E-state index >= 15 is 0 Å². The van der Waals surface area contributed by atoms with Crippen molar-refractivity contribution in [3.8, 4) is 5.75 Å². The molecule has 10 nitrogen and oxygen atoms in total. The van der Waals surface area contributed by atoms with Crippen molar-refractivity contribution in [3.05, 3.63) is 66.4 Å². The number of ether oxygens (including phenoxy) is 2. The molecule has 1 aliphatic rings. The molecule has 1 saturated heterocycles. The van der Waals surface area contributed by atoms with Gasteiger partial charge in [-0.15, -0.1) is 0 Å². The van der Waals surface area contributed by atoms with Crippen LogP contribution < -0.4 is 15.5 Å². The first-order chi connectivity index (χ1) is 17.4. The van der Waals surface area contributed by atoms with E-state index < -0.39 is 20.5 Å². The van der Waals surface area contributed by atoms with Gasteiger partial charge in [0.15, 0.2) is 14.6 Å². The van der Waals surface area contributed by atoms with Crippen molar-refractivity contribution in [2.24, 2.45) is 0 Å². The predicted molar refractivity (Wildman–Crippen MR) is 131 cm³/mol. The zero-order chi connectivity index (χ0) is 25.6. The maximum Gasteiger partial charge on any atom is 0.265 e. The van der Waals surface area contributed by atoms with Gasteiger partial charge < -0.3 is 14.8 Å². The van der Waals surface area contributed by atoms with Crippen molar-refractivity contribution in [3.63, 3.8) is 0 Å². The Morgan fingerprint density at radius 3 is 2.53 bits per heavy atom. The lowest BCUT2D eigenvalue weighted by atomic mass is 9.98. The van der Waals surface area contributed by atoms with E-state index in [2.05, 4.69) is 10.3 Å². The number of carbonyl (C=O) groups is 2. The lowest BCUT2D eigenvalue weighted by molar-refractivity contribution is -0.134. The molecular weight excluding hydrogens is 486 g/mol. The molecular formula is C25H27N3O7S. The van der Waals surface area contributed by atoms with Crippen LogP contribution in [0.2, 0.25) is 0 Å². The number of pyridine rings is 1. The van der Waals surface area contributed by atoms with Crippen LogP contribution in [0.5, 0.6) is 5.75 Å². The molecule has 1 aromatic heterocycles. The Labute approximate surface area is 208 Å². The van der Waals surface area contributed by atoms with E-state index in [9.17, 15) is 18.0 Å². The van der Waals surface area contributed by atoms with Gasteiger partial charge in [0.05, 0.1) is 22.6 Å². The molecule has 4 rings (SSSR count). The van der Waals surface area contributed by atoms with Crippen LogP contribution in [0.3, 0.4) is 0 Å². The predicted octanol–water partition coefficient (Wildman–Crippen LogP) is 2.26. The van der Waals surface area contributed by atoms with E-state index in [1.165, 1.54) is 29.7 Å². The molecule has 0 radical (unpaired) electrons. The molecule has 0 bridgehead atoms. The fourth-order valence-corrected chi connectivity index (χ4v) is 6.06. The first kappa shape index (κ1) is 25.5. The van der Waals surface area contributed by atoms with Crippen LogP contribution in [0.1, 0.15) is 29.6 Å². The van der Waals surface area contributed by atoms with Crippen molar-refractivity contribution < 1.29 is 32.7 Å². The summed E-state index contributed by atoms with van der Waals surface area (Å²) in [5.41, 5.74) is 2.79. The Kier molecular flexibility index (Phi) is 7.82. The van der Waals surface area contributed by atoms with Gasteiger partial charge in [-0.25, -0.2) is 13.9 Å². The number of nitrogens with one attached hydrogen (secondary N) is 2. The van der Waals surface area contributed by atoms with Crippen molar-refractivity contribution in [1.29, 1.82) is 0 Å². The Hall–Kier alpha value is -3.54. The minimum absolute atomic E-state index is 0.0448. The maximum absolute atomic E-state index is 13.3. The van der Waals surface area contributed by atoms with E-state index in [1.54, 1.807) is 12.3 Å². The van der Waals surface area contributed by atoms with Gasteiger partial charge in [0.1, 0.15) is 5.75 Å². The van der Waals surface area contributed by atoms with E-state index in [0.29, 0.717) is 30.9 Å². The highest BCUT2D eigenvalue weighted by Gasteiger charge is 2.52. The third-order valence-electron chi connectivity index (χ3n) is 6.19. The number of hydrogen-bond donors (Lipinski definition) is 3. The number of benzene rings is 2. The zero-order valence-electron chi connectivity index (χ0n) is 19.5. The molecule has 2 aromatic carbocycles. The second-order valence-corrected chi connectivity index (χ2v) is 10.7. The van der Waals surface area contributed by atoms with Gasteiger partial charge in [0.25, 0.3) is 11.8 Å². The van der Waals surface area contributed by atoms with Crippen molar-refractivity contribution >= 4 is 32.6 Å². The average molecular weight is 514 g/mol. The number of hydroxylamine groups is 1. The molecule has 0 spiro atoms. The molecule has 2 heterocycles. The fraction of sp³-hybridized carbons (Fsp3) is 0.320. The first-order valence-corrected chi connectivity index (χ1v) is 13.0. The number of aromatic nitrogens is 1. The molecule has 11 heteroatoms. The summed E-state index contributed by atoms with van der Waals surface area (Å²) in [4.78, 5) is 28.9. The summed E-state index contributed by atoms with van der Waals surface area (Å²) < 4.78 is 35.6. The highest BCUT2D eigenvalue weighted by atomic mass is 32.2. The molecule has 2 amide bonds. The van der Waals surface area contributed by atoms with Gasteiger partial charge in [-0.1, -0.05) is 18.2 Å². The monoisotopic (exact) mass is 513 g/mol. The Bertz CT molecular complexity index is 1340. The number of para-hydroxylation sites is 1. The molecule has 0 atom stereocenters. The van der Waals surface area contributed by atoms with Crippen LogP contribution in [0.4, 0.5) is 0 Å². The topological polar surface area (TPSA) is 144 Å². The van der Waals surface area contributed by atoms with Crippen LogP contribution in [0, 0.1) is 0 Å². The molecule has 3 N–H and O–H groups in total. The van der Waals surface area contributed by atoms with Crippen LogP contribution in [0.15, 0.2) is 65.7 Å². The summed E-state index contributed by atoms with van der Waals surface area (Å²) in [6.45, 7) is 0.888. The average Bonchev–Trinajstić information content (AvgIpc) is 2.92. The van der Waals surface area contributed by atoms with Gasteiger partial charge in [-0.3, -0.25) is 19.8 Å². The molecule has 0 aliphatic carbocycles. The molecule has 3 aromatic rings. The molecule has 36 heavy (non-hydrogen) atoms. The van der Waals surface area contributed by atoms with Gasteiger partial charge in [0.2, 0.25) is 0 Å². The summed E-state index contributed by atoms with van der Waals surface area (Å²) >= 11 is 0. The number of sulfone groups is 1. The van der Waals surface area contributed by atoms with Gasteiger partial charge in [-0.2, -0.15) is 0 Å². The Morgan fingerprint density at radius 2 is 1.81 bits per heavy atom. The van der Waals surface area contributed by atoms with Crippen LogP contribution >= 0.6 is 0 Å². The van der Waals surface area contributed by atoms with Gasteiger partial charge in [0, 0.05) is 31.3 Å². The molecule has 0 saturated carbocycles. The highest BCUT2D eigenvalue weighted by molar-refractivity contribution is 7.93. The second-order valence-electron chi connectivity index (χ2n) is 8.40. The highest BCUT2D eigenvalue weighted by Crippen LogP contribution is 2.35. The number of nitrogens with zero attached hydrogens (tertiary/aromatic N) is 1. The molecule has 0 unspecified atom stereocenters. The molecule has 1 aliphatic heterocycles. The second kappa shape index (κ2) is 11.0. The number of rotatable bonds is 9. The zero-order valence-corrected chi connectivity index (χ0v) is 20.3. The summed E-state index contributed by atoms with van der Waals surface area (Å²) in [7, 11) is -4.09. The molecule has 1 fully saturated rings. The lowest BCUT2D eigenvalue weighted by Crippen LogP contribution is -2.54. The van der Waals surface area contributed by atoms with Gasteiger partial charge in [-0.05, 0) is 55.7 Å². The third kappa shape index (κ3) is 5.18. The fourth-order valence-electron chi connectivity index (χ4n) is 4.12. The normalized spacial score (nSPS) is 15.2. The lowest BCUT2D eigenvalue weighted by Gasteiger charge is -2.34. The summed E-state index contributed by atoms with van der Waals surface area (Å²) in [5, 5.41) is 12.9. The Morgan fingerprint density at radius 1 is 1.08 bits per heavy atom. The Balaban J connectivity index is 1.29. The summed E-state index contributed by atoms with van der Waals surface area (Å²) in [5.74, 6) is -0.740. The van der Waals surface area contributed by atoms with Crippen molar-refractivity contribution in [1.82, 2.24) is 15.8 Å². The van der Waals surface area contributed by atoms with Crippen molar-refractivity contribution in [2.75, 3.05) is 26.4 Å². The number of fused-ring (bicyclic) bond motifs is 1. The minimum Gasteiger partial charge on any atom is -0.494 e. The standard InChI is InChI=1S/C25H27N3O7S/c29-23(19-16-18-4-1-2-5-22(18)27-17-19)26-12-3-13-35-20-6-8-21(9-7-20)36(32,33)25(24(30)28-31)10-14-34-15-11-25/h1-2,4-9,16-17,31H,3,10-15H2,(H,26,29)(H,28,30). The number of hydrogen-bond acceptors (Lipinski definition) is 8. The first-order valence-electron chi connectivity index (χ1n) is 11.5. The SMILES string of the molecule is O=C(NCCCOc1ccc(S(=O)(=O)C2(C(=O)NO)CCOCC2)cc1)c1cnc2ccccc2c1. The van der Waals surface area contributed by atoms with Gasteiger partial charge >= 0.3 is 0 Å². The molecule has 190 valence electrons. The van der Waals surface area contributed by atoms with E-state index in [0.717, 1.165) is 10.9 Å². The maximum atomic E-state index is 13.3. The van der Waals surface area contributed by atoms with Crippen LogP contribution in [-0.2, 0) is 19.4 Å². The van der Waals surface area contributed by atoms with Crippen LogP contribution in [0.25, 0.3) is 10.9 Å². The number of carbonyl (C=O) groups excluding carboxylic acids is 2. The minimum atomic E-state index is -4.09. The third-order valence-corrected chi connectivity index (χ3v) is 8.71. The van der Waals surface area contributed by atoms with E-state index in [1.807, 2.05) is 24.3 Å². The summed E-state index contributed by atoms with van der Waals surface area (Å²) in [6.07, 6.45) is 1.97. The van der Waals surface area contributed by atoms with E-state index in [4.69, 9.17) is 14.7 Å². The number of amides is 2.